The van der Waals surface area contributed by atoms with E-state index >= 15 is 0 Å². The van der Waals surface area contributed by atoms with E-state index in [1.807, 2.05) is 4.90 Å². The van der Waals surface area contributed by atoms with Crippen LogP contribution in [0.1, 0.15) is 38.8 Å². The minimum absolute atomic E-state index is 0.0962. The molecule has 0 bridgehead atoms. The number of oxazole rings is 1. The van der Waals surface area contributed by atoms with Gasteiger partial charge in [0, 0.05) is 18.7 Å². The summed E-state index contributed by atoms with van der Waals surface area (Å²) in [6, 6.07) is 10.4. The van der Waals surface area contributed by atoms with Crippen LogP contribution in [0.5, 0.6) is 0 Å². The molecule has 33 heavy (non-hydrogen) atoms. The average molecular weight is 459 g/mol. The highest BCUT2D eigenvalue weighted by atomic mass is 19.4. The van der Waals surface area contributed by atoms with Crippen LogP contribution >= 0.6 is 0 Å². The van der Waals surface area contributed by atoms with Crippen molar-refractivity contribution in [1.82, 2.24) is 15.2 Å². The average Bonchev–Trinajstić information content (AvgIpc) is 3.55. The number of nitrogens with one attached hydrogen (secondary N) is 1. The summed E-state index contributed by atoms with van der Waals surface area (Å²) in [6.45, 7) is 0.968. The monoisotopic (exact) mass is 459 g/mol. The van der Waals surface area contributed by atoms with E-state index in [1.165, 1.54) is 24.9 Å². The van der Waals surface area contributed by atoms with Gasteiger partial charge in [-0.2, -0.15) is 13.2 Å². The summed E-state index contributed by atoms with van der Waals surface area (Å²) in [5, 5.41) is 2.68. The molecule has 10 heteroatoms. The van der Waals surface area contributed by atoms with Crippen molar-refractivity contribution in [2.75, 3.05) is 0 Å². The third-order valence-corrected chi connectivity index (χ3v) is 4.79. The van der Waals surface area contributed by atoms with Gasteiger partial charge in [-0.15, -0.1) is 0 Å². The summed E-state index contributed by atoms with van der Waals surface area (Å²) in [5.41, 5.74) is 0.704. The van der Waals surface area contributed by atoms with E-state index in [-0.39, 0.29) is 31.2 Å². The summed E-state index contributed by atoms with van der Waals surface area (Å²) >= 11 is 0. The Morgan fingerprint density at radius 3 is 2.55 bits per heavy atom. The molecular weight excluding hydrogens is 439 g/mol. The van der Waals surface area contributed by atoms with E-state index in [0.717, 1.165) is 17.7 Å². The Hall–Kier alpha value is -3.79. The second kappa shape index (κ2) is 9.78. The number of carbonyl (C=O) groups is 1. The van der Waals surface area contributed by atoms with Crippen LogP contribution in [0.15, 0.2) is 80.8 Å². The van der Waals surface area contributed by atoms with Gasteiger partial charge in [0.15, 0.2) is 5.69 Å². The topological polar surface area (TPSA) is 84.7 Å². The molecule has 0 aliphatic carbocycles. The molecule has 0 fully saturated rings. The molecule has 0 unspecified atom stereocenters. The van der Waals surface area contributed by atoms with Crippen molar-refractivity contribution < 1.29 is 31.2 Å². The number of rotatable bonds is 9. The first-order valence-corrected chi connectivity index (χ1v) is 10.0. The molecule has 3 aromatic heterocycles. The van der Waals surface area contributed by atoms with Gasteiger partial charge in [-0.25, -0.2) is 4.98 Å². The van der Waals surface area contributed by atoms with Gasteiger partial charge in [0.1, 0.15) is 12.0 Å². The fourth-order valence-corrected chi connectivity index (χ4v) is 3.26. The predicted molar refractivity (Wildman–Crippen MR) is 109 cm³/mol. The molecule has 7 nitrogen and oxygen atoms in total. The van der Waals surface area contributed by atoms with E-state index in [1.54, 1.807) is 30.5 Å². The number of alkyl halides is 3. The van der Waals surface area contributed by atoms with Crippen LogP contribution in [0.25, 0.3) is 0 Å². The van der Waals surface area contributed by atoms with Gasteiger partial charge in [-0.3, -0.25) is 9.69 Å². The quantitative estimate of drug-likeness (QED) is 0.379. The lowest BCUT2D eigenvalue weighted by Gasteiger charge is -2.20. The largest absolute Gasteiger partial charge is 0.472 e. The number of furan rings is 2. The van der Waals surface area contributed by atoms with E-state index in [0.29, 0.717) is 17.9 Å². The molecule has 3 heterocycles. The van der Waals surface area contributed by atoms with Gasteiger partial charge in [0.05, 0.1) is 37.4 Å². The zero-order chi connectivity index (χ0) is 23.3. The maximum atomic E-state index is 13.1. The van der Waals surface area contributed by atoms with Crippen molar-refractivity contribution in [2.24, 2.45) is 0 Å². The fourth-order valence-electron chi connectivity index (χ4n) is 3.26. The lowest BCUT2D eigenvalue weighted by molar-refractivity contribution is -0.137. The Morgan fingerprint density at radius 1 is 0.970 bits per heavy atom. The van der Waals surface area contributed by atoms with Crippen LogP contribution in [0.2, 0.25) is 0 Å². The molecular formula is C23H20F3N3O4. The number of halogens is 3. The minimum Gasteiger partial charge on any atom is -0.472 e. The third kappa shape index (κ3) is 6.13. The van der Waals surface area contributed by atoms with Gasteiger partial charge in [0.25, 0.3) is 5.91 Å². The van der Waals surface area contributed by atoms with Crippen molar-refractivity contribution >= 4 is 5.91 Å². The standard InChI is InChI=1S/C23H20F3N3O4/c24-23(25,26)18-4-1-3-16(9-18)11-29(12-17-6-8-31-14-17)13-21-28-20(15-33-21)22(30)27-10-19-5-2-7-32-19/h1-9,14-15H,10-13H2,(H,27,30). The SMILES string of the molecule is O=C(NCc1ccco1)c1coc(CN(Cc2ccoc2)Cc2cccc(C(F)(F)F)c2)n1. The molecule has 1 aromatic carbocycles. The number of aromatic nitrogens is 1. The Labute approximate surface area is 186 Å². The second-order valence-corrected chi connectivity index (χ2v) is 7.36. The summed E-state index contributed by atoms with van der Waals surface area (Å²) in [6.07, 6.45) is 1.40. The van der Waals surface area contributed by atoms with Crippen LogP contribution in [0, 0.1) is 0 Å². The van der Waals surface area contributed by atoms with Crippen LogP contribution < -0.4 is 5.32 Å². The zero-order valence-corrected chi connectivity index (χ0v) is 17.3. The molecule has 0 radical (unpaired) electrons. The van der Waals surface area contributed by atoms with Gasteiger partial charge < -0.3 is 18.6 Å². The van der Waals surface area contributed by atoms with E-state index < -0.39 is 17.6 Å². The van der Waals surface area contributed by atoms with Crippen molar-refractivity contribution in [2.45, 2.75) is 32.4 Å². The van der Waals surface area contributed by atoms with Gasteiger partial charge >= 0.3 is 6.18 Å². The first kappa shape index (κ1) is 22.4. The van der Waals surface area contributed by atoms with Crippen molar-refractivity contribution in [3.8, 4) is 0 Å². The van der Waals surface area contributed by atoms with Crippen LogP contribution in [0.3, 0.4) is 0 Å². The van der Waals surface area contributed by atoms with E-state index in [2.05, 4.69) is 10.3 Å². The van der Waals surface area contributed by atoms with Gasteiger partial charge in [0.2, 0.25) is 5.89 Å². The number of hydrogen-bond donors (Lipinski definition) is 1. The Kier molecular flexibility index (Phi) is 6.64. The number of amides is 1. The normalized spacial score (nSPS) is 11.8. The summed E-state index contributed by atoms with van der Waals surface area (Å²) in [5.74, 6) is 0.425. The van der Waals surface area contributed by atoms with Gasteiger partial charge in [-0.05, 0) is 29.8 Å². The number of carbonyl (C=O) groups excluding carboxylic acids is 1. The smallest absolute Gasteiger partial charge is 0.416 e. The van der Waals surface area contributed by atoms with E-state index in [4.69, 9.17) is 13.3 Å². The number of hydrogen-bond acceptors (Lipinski definition) is 6. The second-order valence-electron chi connectivity index (χ2n) is 7.36. The Balaban J connectivity index is 1.45. The first-order valence-electron chi connectivity index (χ1n) is 10.0. The molecule has 4 aromatic rings. The van der Waals surface area contributed by atoms with Crippen molar-refractivity contribution in [3.63, 3.8) is 0 Å². The highest BCUT2D eigenvalue weighted by Gasteiger charge is 2.30. The third-order valence-electron chi connectivity index (χ3n) is 4.79. The molecule has 1 N–H and O–H groups in total. The Morgan fingerprint density at radius 2 is 1.82 bits per heavy atom. The first-order chi connectivity index (χ1) is 15.9. The minimum atomic E-state index is -4.42. The Bertz CT molecular complexity index is 1170. The van der Waals surface area contributed by atoms with E-state index in [9.17, 15) is 18.0 Å². The molecule has 0 aliphatic heterocycles. The molecule has 172 valence electrons. The number of nitrogens with zero attached hydrogens (tertiary/aromatic N) is 2. The lowest BCUT2D eigenvalue weighted by Crippen LogP contribution is -2.24. The summed E-state index contributed by atoms with van der Waals surface area (Å²) in [7, 11) is 0. The molecule has 0 aliphatic rings. The summed E-state index contributed by atoms with van der Waals surface area (Å²) in [4.78, 5) is 18.4. The summed E-state index contributed by atoms with van der Waals surface area (Å²) < 4.78 is 55.0. The van der Waals surface area contributed by atoms with Crippen molar-refractivity contribution in [1.29, 1.82) is 0 Å². The van der Waals surface area contributed by atoms with Crippen LogP contribution in [-0.4, -0.2) is 15.8 Å². The van der Waals surface area contributed by atoms with Crippen molar-refractivity contribution in [3.05, 3.63) is 102 Å². The molecule has 1 amide bonds. The lowest BCUT2D eigenvalue weighted by atomic mass is 10.1. The highest BCUT2D eigenvalue weighted by Crippen LogP contribution is 2.30. The molecule has 0 saturated carbocycles. The molecule has 0 atom stereocenters. The van der Waals surface area contributed by atoms with Crippen LogP contribution in [0.4, 0.5) is 13.2 Å². The van der Waals surface area contributed by atoms with Crippen LogP contribution in [-0.2, 0) is 32.4 Å². The zero-order valence-electron chi connectivity index (χ0n) is 17.3. The maximum absolute atomic E-state index is 13.1. The molecule has 0 spiro atoms. The molecule has 0 saturated heterocycles. The van der Waals surface area contributed by atoms with Gasteiger partial charge in [-0.1, -0.05) is 18.2 Å². The maximum Gasteiger partial charge on any atom is 0.416 e. The number of benzene rings is 1. The predicted octanol–water partition coefficient (Wildman–Crippen LogP) is 5.01. The highest BCUT2D eigenvalue weighted by molar-refractivity contribution is 5.91. The fraction of sp³-hybridized carbons (Fsp3) is 0.217. The molecule has 4 rings (SSSR count).